The highest BCUT2D eigenvalue weighted by atomic mass is 35.5. The summed E-state index contributed by atoms with van der Waals surface area (Å²) in [4.78, 5) is 12.7. The number of ether oxygens (including phenoxy) is 1. The molecule has 0 saturated carbocycles. The maximum atomic E-state index is 12.8. The first-order chi connectivity index (χ1) is 13.2. The molecule has 28 heavy (non-hydrogen) atoms. The molecule has 0 fully saturated rings. The summed E-state index contributed by atoms with van der Waals surface area (Å²) in [5, 5.41) is 2.91. The zero-order chi connectivity index (χ0) is 20.7. The van der Waals surface area contributed by atoms with Gasteiger partial charge in [0, 0.05) is 6.04 Å². The van der Waals surface area contributed by atoms with Gasteiger partial charge in [0.2, 0.25) is 10.0 Å². The lowest BCUT2D eigenvalue weighted by atomic mass is 10.2. The van der Waals surface area contributed by atoms with Crippen LogP contribution in [0.25, 0.3) is 0 Å². The quantitative estimate of drug-likeness (QED) is 0.582. The molecule has 6 nitrogen and oxygen atoms in total. The predicted octanol–water partition coefficient (Wildman–Crippen LogP) is 4.46. The number of amides is 1. The Balaban J connectivity index is 2.27. The minimum Gasteiger partial charge on any atom is -0.491 e. The lowest BCUT2D eigenvalue weighted by molar-refractivity contribution is 0.102. The monoisotopic (exact) mass is 424 g/mol. The van der Waals surface area contributed by atoms with Gasteiger partial charge in [-0.25, -0.2) is 13.1 Å². The van der Waals surface area contributed by atoms with Gasteiger partial charge in [-0.1, -0.05) is 37.1 Å². The highest BCUT2D eigenvalue weighted by molar-refractivity contribution is 7.89. The third-order valence-electron chi connectivity index (χ3n) is 3.77. The predicted molar refractivity (Wildman–Crippen MR) is 112 cm³/mol. The van der Waals surface area contributed by atoms with Gasteiger partial charge in [-0.15, -0.1) is 0 Å². The first kappa shape index (κ1) is 22.2. The maximum absolute atomic E-state index is 12.8. The van der Waals surface area contributed by atoms with Gasteiger partial charge in [0.05, 0.1) is 27.8 Å². The molecular weight excluding hydrogens is 400 g/mol. The lowest BCUT2D eigenvalue weighted by Crippen LogP contribution is -2.30. The Morgan fingerprint density at radius 1 is 1.18 bits per heavy atom. The molecule has 2 rings (SSSR count). The number of hydrogen-bond donors (Lipinski definition) is 2. The number of carbonyl (C=O) groups excluding carboxylic acids is 1. The second kappa shape index (κ2) is 9.91. The molecule has 152 valence electrons. The zero-order valence-corrected chi connectivity index (χ0v) is 17.7. The van der Waals surface area contributed by atoms with Crippen LogP contribution in [0.5, 0.6) is 5.75 Å². The van der Waals surface area contributed by atoms with Gasteiger partial charge in [0.15, 0.2) is 0 Å². The first-order valence-corrected chi connectivity index (χ1v) is 11.0. The van der Waals surface area contributed by atoms with E-state index in [0.29, 0.717) is 18.0 Å². The van der Waals surface area contributed by atoms with Crippen molar-refractivity contribution >= 4 is 33.2 Å². The van der Waals surface area contributed by atoms with Gasteiger partial charge >= 0.3 is 0 Å². The Hall–Kier alpha value is -2.09. The zero-order valence-electron chi connectivity index (χ0n) is 16.2. The topological polar surface area (TPSA) is 84.5 Å². The van der Waals surface area contributed by atoms with E-state index < -0.39 is 15.9 Å². The van der Waals surface area contributed by atoms with E-state index in [-0.39, 0.29) is 21.5 Å². The van der Waals surface area contributed by atoms with Crippen LogP contribution in [-0.4, -0.2) is 27.0 Å². The molecule has 2 aromatic rings. The van der Waals surface area contributed by atoms with Crippen LogP contribution in [0.1, 0.15) is 44.0 Å². The van der Waals surface area contributed by atoms with Gasteiger partial charge in [0.1, 0.15) is 5.75 Å². The standard InChI is InChI=1S/C20H25ClN2O4S/c1-4-5-12-27-19-9-7-6-8-18(19)22-20(24)16-13-15(10-11-17(16)21)28(25,26)23-14(2)3/h6-11,13-14,23H,4-5,12H2,1-3H3,(H,22,24). The van der Waals surface area contributed by atoms with Crippen LogP contribution in [-0.2, 0) is 10.0 Å². The van der Waals surface area contributed by atoms with E-state index in [4.69, 9.17) is 16.3 Å². The Morgan fingerprint density at radius 2 is 1.89 bits per heavy atom. The molecule has 0 bridgehead atoms. The van der Waals surface area contributed by atoms with E-state index in [9.17, 15) is 13.2 Å². The Bertz CT molecular complexity index is 930. The van der Waals surface area contributed by atoms with E-state index in [1.807, 2.05) is 6.07 Å². The summed E-state index contributed by atoms with van der Waals surface area (Å²) in [7, 11) is -3.74. The average molecular weight is 425 g/mol. The molecule has 0 radical (unpaired) electrons. The van der Waals surface area contributed by atoms with Gasteiger partial charge in [-0.2, -0.15) is 0 Å². The third kappa shape index (κ3) is 5.95. The molecule has 2 N–H and O–H groups in total. The molecule has 2 aromatic carbocycles. The summed E-state index contributed by atoms with van der Waals surface area (Å²) in [5.41, 5.74) is 0.560. The molecule has 0 aliphatic heterocycles. The molecule has 0 saturated heterocycles. The Morgan fingerprint density at radius 3 is 2.57 bits per heavy atom. The molecule has 0 unspecified atom stereocenters. The van der Waals surface area contributed by atoms with Crippen molar-refractivity contribution in [2.45, 2.75) is 44.6 Å². The molecule has 1 amide bonds. The fourth-order valence-electron chi connectivity index (χ4n) is 2.44. The largest absolute Gasteiger partial charge is 0.491 e. The number of sulfonamides is 1. The van der Waals surface area contributed by atoms with E-state index in [1.54, 1.807) is 32.0 Å². The molecule has 0 heterocycles. The number of unbranched alkanes of at least 4 members (excludes halogenated alkanes) is 1. The SMILES string of the molecule is CCCCOc1ccccc1NC(=O)c1cc(S(=O)(=O)NC(C)C)ccc1Cl. The number of benzene rings is 2. The number of rotatable bonds is 9. The van der Waals surface area contributed by atoms with Crippen molar-refractivity contribution in [3.63, 3.8) is 0 Å². The van der Waals surface area contributed by atoms with Crippen molar-refractivity contribution in [1.29, 1.82) is 0 Å². The van der Waals surface area contributed by atoms with E-state index in [2.05, 4.69) is 17.0 Å². The van der Waals surface area contributed by atoms with Crippen LogP contribution < -0.4 is 14.8 Å². The van der Waals surface area contributed by atoms with Crippen molar-refractivity contribution < 1.29 is 17.9 Å². The van der Waals surface area contributed by atoms with Crippen LogP contribution in [0.15, 0.2) is 47.4 Å². The van der Waals surface area contributed by atoms with E-state index in [1.165, 1.54) is 18.2 Å². The maximum Gasteiger partial charge on any atom is 0.257 e. The minimum absolute atomic E-state index is 0.0248. The van der Waals surface area contributed by atoms with Crippen LogP contribution in [0.4, 0.5) is 5.69 Å². The minimum atomic E-state index is -3.74. The number of halogens is 1. The first-order valence-electron chi connectivity index (χ1n) is 9.09. The van der Waals surface area contributed by atoms with Crippen molar-refractivity contribution in [2.75, 3.05) is 11.9 Å². The molecule has 0 aromatic heterocycles. The summed E-state index contributed by atoms with van der Waals surface area (Å²) < 4.78 is 33.0. The number of anilines is 1. The Labute approximate surface area is 171 Å². The fourth-order valence-corrected chi connectivity index (χ4v) is 3.92. The number of nitrogens with one attached hydrogen (secondary N) is 2. The van der Waals surface area contributed by atoms with Crippen LogP contribution in [0.2, 0.25) is 5.02 Å². The summed E-state index contributed by atoms with van der Waals surface area (Å²) in [6.45, 7) is 6.04. The van der Waals surface area contributed by atoms with Gasteiger partial charge in [0.25, 0.3) is 5.91 Å². The fraction of sp³-hybridized carbons (Fsp3) is 0.350. The summed E-state index contributed by atoms with van der Waals surface area (Å²) >= 11 is 6.15. The van der Waals surface area contributed by atoms with Crippen molar-refractivity contribution in [2.24, 2.45) is 0 Å². The summed E-state index contributed by atoms with van der Waals surface area (Å²) in [6.07, 6.45) is 1.90. The Kier molecular flexibility index (Phi) is 7.86. The molecule has 0 aliphatic rings. The number of carbonyl (C=O) groups is 1. The van der Waals surface area contributed by atoms with Gasteiger partial charge in [-0.05, 0) is 50.6 Å². The van der Waals surface area contributed by atoms with Crippen LogP contribution in [0, 0.1) is 0 Å². The summed E-state index contributed by atoms with van der Waals surface area (Å²) in [5.74, 6) is 0.0313. The molecular formula is C20H25ClN2O4S. The normalized spacial score (nSPS) is 11.5. The average Bonchev–Trinajstić information content (AvgIpc) is 2.62. The number of hydrogen-bond acceptors (Lipinski definition) is 4. The molecule has 0 atom stereocenters. The third-order valence-corrected chi connectivity index (χ3v) is 5.76. The van der Waals surface area contributed by atoms with Crippen molar-refractivity contribution in [1.82, 2.24) is 4.72 Å². The highest BCUT2D eigenvalue weighted by Gasteiger charge is 2.20. The van der Waals surface area contributed by atoms with Crippen LogP contribution in [0.3, 0.4) is 0 Å². The van der Waals surface area contributed by atoms with Gasteiger partial charge in [-0.3, -0.25) is 4.79 Å². The van der Waals surface area contributed by atoms with Gasteiger partial charge < -0.3 is 10.1 Å². The molecule has 0 spiro atoms. The molecule has 0 aliphatic carbocycles. The second-order valence-corrected chi connectivity index (χ2v) is 8.69. The van der Waals surface area contributed by atoms with Crippen molar-refractivity contribution in [3.05, 3.63) is 53.1 Å². The summed E-state index contributed by atoms with van der Waals surface area (Å²) in [6, 6.07) is 10.8. The van der Waals surface area contributed by atoms with E-state index in [0.717, 1.165) is 12.8 Å². The smallest absolute Gasteiger partial charge is 0.257 e. The van der Waals surface area contributed by atoms with Crippen LogP contribution >= 0.6 is 11.6 Å². The lowest BCUT2D eigenvalue weighted by Gasteiger charge is -2.14. The molecule has 8 heteroatoms. The van der Waals surface area contributed by atoms with E-state index >= 15 is 0 Å². The highest BCUT2D eigenvalue weighted by Crippen LogP contribution is 2.27. The van der Waals surface area contributed by atoms with Crippen molar-refractivity contribution in [3.8, 4) is 5.75 Å². The second-order valence-electron chi connectivity index (χ2n) is 6.57. The number of para-hydroxylation sites is 2.